The Kier molecular flexibility index (Phi) is 5.31. The summed E-state index contributed by atoms with van der Waals surface area (Å²) in [5.41, 5.74) is -2.68. The summed E-state index contributed by atoms with van der Waals surface area (Å²) in [5.74, 6) is -2.65. The van der Waals surface area contributed by atoms with Crippen LogP contribution in [0.25, 0.3) is 0 Å². The number of hydrogen-bond acceptors (Lipinski definition) is 4. The van der Waals surface area contributed by atoms with Crippen molar-refractivity contribution in [1.29, 1.82) is 0 Å². The number of halogens is 3. The highest BCUT2D eigenvalue weighted by Crippen LogP contribution is 2.43. The molecule has 0 radical (unpaired) electrons. The van der Waals surface area contributed by atoms with Gasteiger partial charge in [0.15, 0.2) is 0 Å². The number of alkyl halides is 3. The number of carbonyl (C=O) groups is 2. The van der Waals surface area contributed by atoms with Crippen molar-refractivity contribution in [2.75, 3.05) is 13.2 Å². The predicted molar refractivity (Wildman–Crippen MR) is 55.2 cm³/mol. The minimum absolute atomic E-state index is 0.100. The van der Waals surface area contributed by atoms with Crippen molar-refractivity contribution >= 4 is 27.9 Å². The maximum atomic E-state index is 13.2. The van der Waals surface area contributed by atoms with Gasteiger partial charge in [-0.05, 0) is 36.7 Å². The summed E-state index contributed by atoms with van der Waals surface area (Å²) in [6.45, 7) is 3.48. The summed E-state index contributed by atoms with van der Waals surface area (Å²) >= 11 is 2.01. The molecule has 0 spiro atoms. The van der Waals surface area contributed by atoms with Gasteiger partial charge in [-0.3, -0.25) is 9.59 Å². The highest BCUT2D eigenvalue weighted by molar-refractivity contribution is 9.10. The average molecular weight is 303 g/mol. The van der Waals surface area contributed by atoms with Gasteiger partial charge in [0.2, 0.25) is 5.41 Å². The van der Waals surface area contributed by atoms with Gasteiger partial charge in [-0.25, -0.2) is 0 Å². The van der Waals surface area contributed by atoms with E-state index >= 15 is 0 Å². The lowest BCUT2D eigenvalue weighted by atomic mass is 9.91. The Hall–Kier alpha value is -0.720. The number of ether oxygens (including phenoxy) is 2. The van der Waals surface area contributed by atoms with E-state index in [9.17, 15) is 18.4 Å². The molecule has 16 heavy (non-hydrogen) atoms. The molecular weight excluding hydrogens is 290 g/mol. The monoisotopic (exact) mass is 302 g/mol. The largest absolute Gasteiger partial charge is 0.465 e. The van der Waals surface area contributed by atoms with E-state index in [4.69, 9.17) is 0 Å². The fraction of sp³-hybridized carbons (Fsp3) is 0.778. The second-order valence-electron chi connectivity index (χ2n) is 3.06. The summed E-state index contributed by atoms with van der Waals surface area (Å²) in [6, 6.07) is 0. The van der Waals surface area contributed by atoms with E-state index in [0.717, 1.165) is 6.92 Å². The van der Waals surface area contributed by atoms with E-state index in [1.165, 1.54) is 13.8 Å². The Labute approximate surface area is 100 Å². The third-order valence-corrected chi connectivity index (χ3v) is 2.73. The molecule has 0 aliphatic carbocycles. The third kappa shape index (κ3) is 2.90. The molecule has 0 bridgehead atoms. The molecule has 0 rings (SSSR count). The zero-order valence-corrected chi connectivity index (χ0v) is 10.8. The molecule has 0 aliphatic heterocycles. The van der Waals surface area contributed by atoms with E-state index in [1.54, 1.807) is 0 Å². The van der Waals surface area contributed by atoms with Crippen LogP contribution < -0.4 is 0 Å². The number of hydrogen-bond donors (Lipinski definition) is 0. The van der Waals surface area contributed by atoms with Gasteiger partial charge >= 0.3 is 16.8 Å². The maximum Gasteiger partial charge on any atom is 0.330 e. The maximum absolute atomic E-state index is 13.2. The summed E-state index contributed by atoms with van der Waals surface area (Å²) in [6.07, 6.45) is 0. The van der Waals surface area contributed by atoms with Crippen molar-refractivity contribution in [3.8, 4) is 0 Å². The molecule has 0 aromatic heterocycles. The normalized spacial score (nSPS) is 12.1. The summed E-state index contributed by atoms with van der Waals surface area (Å²) < 4.78 is 35.4. The van der Waals surface area contributed by atoms with Crippen LogP contribution in [0.1, 0.15) is 20.8 Å². The lowest BCUT2D eigenvalue weighted by Crippen LogP contribution is -2.49. The summed E-state index contributed by atoms with van der Waals surface area (Å²) in [4.78, 5) is 19.1. The Morgan fingerprint density at radius 1 is 1.12 bits per heavy atom. The summed E-state index contributed by atoms with van der Waals surface area (Å²) in [5, 5.41) is 0. The van der Waals surface area contributed by atoms with Crippen LogP contribution in [0.4, 0.5) is 8.78 Å². The molecule has 0 aliphatic rings. The molecule has 0 saturated carbocycles. The average Bonchev–Trinajstić information content (AvgIpc) is 2.15. The standard InChI is InChI=1S/C9H13BrF2O4/c1-4-15-6(13)8(3,9(10,11)12)7(14)16-5-2/h4-5H2,1-3H3. The van der Waals surface area contributed by atoms with E-state index in [-0.39, 0.29) is 13.2 Å². The molecule has 0 amide bonds. The SMILES string of the molecule is CCOC(=O)C(C)(C(=O)OCC)C(F)(F)Br. The zero-order valence-electron chi connectivity index (χ0n) is 9.18. The Morgan fingerprint density at radius 3 is 1.62 bits per heavy atom. The van der Waals surface area contributed by atoms with Gasteiger partial charge < -0.3 is 9.47 Å². The van der Waals surface area contributed by atoms with Crippen molar-refractivity contribution in [3.05, 3.63) is 0 Å². The zero-order chi connectivity index (χ0) is 13.0. The molecule has 0 aromatic rings. The number of rotatable bonds is 5. The van der Waals surface area contributed by atoms with Gasteiger partial charge in [0.05, 0.1) is 13.2 Å². The van der Waals surface area contributed by atoms with Crippen LogP contribution in [0.15, 0.2) is 0 Å². The second kappa shape index (κ2) is 5.56. The van der Waals surface area contributed by atoms with Gasteiger partial charge in [0.25, 0.3) is 0 Å². The Bertz CT molecular complexity index is 257. The first-order valence-corrected chi connectivity index (χ1v) is 5.42. The van der Waals surface area contributed by atoms with E-state index in [2.05, 4.69) is 9.47 Å². The van der Waals surface area contributed by atoms with Crippen molar-refractivity contribution in [1.82, 2.24) is 0 Å². The lowest BCUT2D eigenvalue weighted by molar-refractivity contribution is -0.184. The highest BCUT2D eigenvalue weighted by Gasteiger charge is 2.62. The van der Waals surface area contributed by atoms with Gasteiger partial charge in [0, 0.05) is 0 Å². The fourth-order valence-electron chi connectivity index (χ4n) is 0.866. The molecule has 0 atom stereocenters. The van der Waals surface area contributed by atoms with Crippen LogP contribution in [0.2, 0.25) is 0 Å². The molecular formula is C9H13BrF2O4. The van der Waals surface area contributed by atoms with E-state index < -0.39 is 22.2 Å². The topological polar surface area (TPSA) is 52.6 Å². The van der Waals surface area contributed by atoms with Gasteiger partial charge in [-0.15, -0.1) is 0 Å². The van der Waals surface area contributed by atoms with E-state index in [0.29, 0.717) is 0 Å². The third-order valence-electron chi connectivity index (χ3n) is 1.93. The minimum atomic E-state index is -3.74. The van der Waals surface area contributed by atoms with Crippen molar-refractivity contribution in [2.45, 2.75) is 25.6 Å². The first-order valence-electron chi connectivity index (χ1n) is 4.63. The van der Waals surface area contributed by atoms with Crippen molar-refractivity contribution in [3.63, 3.8) is 0 Å². The van der Waals surface area contributed by atoms with Crippen LogP contribution in [0.3, 0.4) is 0 Å². The van der Waals surface area contributed by atoms with Crippen molar-refractivity contribution in [2.24, 2.45) is 5.41 Å². The molecule has 4 nitrogen and oxygen atoms in total. The highest BCUT2D eigenvalue weighted by atomic mass is 79.9. The minimum Gasteiger partial charge on any atom is -0.465 e. The second-order valence-corrected chi connectivity index (χ2v) is 4.06. The van der Waals surface area contributed by atoms with Gasteiger partial charge in [0.1, 0.15) is 0 Å². The predicted octanol–water partition coefficient (Wildman–Crippen LogP) is 2.11. The quantitative estimate of drug-likeness (QED) is 0.443. The molecule has 94 valence electrons. The lowest BCUT2D eigenvalue weighted by Gasteiger charge is -2.28. The van der Waals surface area contributed by atoms with E-state index in [1.807, 2.05) is 15.9 Å². The van der Waals surface area contributed by atoms with Gasteiger partial charge in [-0.2, -0.15) is 8.78 Å². The number of esters is 2. The first kappa shape index (κ1) is 15.3. The summed E-state index contributed by atoms with van der Waals surface area (Å²) in [7, 11) is 0. The molecule has 0 aromatic carbocycles. The fourth-order valence-corrected chi connectivity index (χ4v) is 1.19. The molecule has 0 heterocycles. The first-order chi connectivity index (χ1) is 7.21. The smallest absolute Gasteiger partial charge is 0.330 e. The Morgan fingerprint density at radius 2 is 1.44 bits per heavy atom. The molecule has 7 heteroatoms. The molecule has 0 fully saturated rings. The van der Waals surface area contributed by atoms with Crippen LogP contribution in [0.5, 0.6) is 0 Å². The van der Waals surface area contributed by atoms with Crippen LogP contribution in [-0.2, 0) is 19.1 Å². The Balaban J connectivity index is 5.20. The van der Waals surface area contributed by atoms with Crippen molar-refractivity contribution < 1.29 is 27.8 Å². The number of carbonyl (C=O) groups excluding carboxylic acids is 2. The molecule has 0 saturated heterocycles. The van der Waals surface area contributed by atoms with Crippen LogP contribution >= 0.6 is 15.9 Å². The molecule has 0 N–H and O–H groups in total. The van der Waals surface area contributed by atoms with Crippen LogP contribution in [0, 0.1) is 5.41 Å². The van der Waals surface area contributed by atoms with Crippen LogP contribution in [-0.4, -0.2) is 30.0 Å². The molecule has 0 unspecified atom stereocenters. The van der Waals surface area contributed by atoms with Gasteiger partial charge in [-0.1, -0.05) is 0 Å².